The Balaban J connectivity index is 1.72. The molecular weight excluding hydrogens is 271 g/mol. The lowest BCUT2D eigenvalue weighted by molar-refractivity contribution is -0.120. The molecule has 1 saturated heterocycles. The fourth-order valence-electron chi connectivity index (χ4n) is 2.52. The number of piperidine rings is 1. The quantitative estimate of drug-likeness (QED) is 0.907. The van der Waals surface area contributed by atoms with Gasteiger partial charge in [0.05, 0.1) is 17.9 Å². The molecule has 0 saturated carbocycles. The Morgan fingerprint density at radius 1 is 1.48 bits per heavy atom. The van der Waals surface area contributed by atoms with E-state index in [2.05, 4.69) is 15.6 Å². The number of aromatic nitrogens is 2. The first kappa shape index (κ1) is 13.8. The maximum Gasteiger partial charge on any atom is 0.228 e. The van der Waals surface area contributed by atoms with Gasteiger partial charge in [0.2, 0.25) is 5.91 Å². The number of nitrogens with one attached hydrogen (secondary N) is 2. The van der Waals surface area contributed by atoms with E-state index in [1.807, 2.05) is 0 Å². The molecule has 1 aliphatic rings. The number of benzene rings is 1. The predicted molar refractivity (Wildman–Crippen MR) is 77.7 cm³/mol. The molecule has 2 aromatic rings. The van der Waals surface area contributed by atoms with Gasteiger partial charge in [-0.15, -0.1) is 0 Å². The van der Waals surface area contributed by atoms with E-state index in [4.69, 9.17) is 0 Å². The zero-order valence-corrected chi connectivity index (χ0v) is 11.6. The molecule has 5 nitrogen and oxygen atoms in total. The number of carbonyl (C=O) groups is 1. The lowest BCUT2D eigenvalue weighted by Crippen LogP contribution is -2.37. The Hall–Kier alpha value is -2.21. The van der Waals surface area contributed by atoms with Crippen molar-refractivity contribution < 1.29 is 9.18 Å². The van der Waals surface area contributed by atoms with E-state index in [9.17, 15) is 9.18 Å². The van der Waals surface area contributed by atoms with E-state index < -0.39 is 5.82 Å². The molecule has 1 aromatic heterocycles. The van der Waals surface area contributed by atoms with E-state index in [0.29, 0.717) is 17.9 Å². The van der Waals surface area contributed by atoms with Gasteiger partial charge in [-0.3, -0.25) is 4.79 Å². The Labute approximate surface area is 122 Å². The van der Waals surface area contributed by atoms with Crippen molar-refractivity contribution in [1.82, 2.24) is 14.9 Å². The SMILES string of the molecule is O=C(Nc1ccc(-n2ccnc2)c(F)c1)C1CCCNC1. The Bertz CT molecular complexity index is 621. The Morgan fingerprint density at radius 2 is 2.38 bits per heavy atom. The molecule has 1 amide bonds. The number of halogens is 1. The topological polar surface area (TPSA) is 59.0 Å². The van der Waals surface area contributed by atoms with Crippen LogP contribution in [-0.4, -0.2) is 28.5 Å². The van der Waals surface area contributed by atoms with Crippen molar-refractivity contribution in [3.05, 3.63) is 42.7 Å². The first-order chi connectivity index (χ1) is 10.2. The summed E-state index contributed by atoms with van der Waals surface area (Å²) >= 11 is 0. The van der Waals surface area contributed by atoms with Crippen molar-refractivity contribution in [2.45, 2.75) is 12.8 Å². The molecule has 1 aliphatic heterocycles. The summed E-state index contributed by atoms with van der Waals surface area (Å²) in [6, 6.07) is 4.67. The van der Waals surface area contributed by atoms with Crippen LogP contribution in [0.2, 0.25) is 0 Å². The van der Waals surface area contributed by atoms with Crippen LogP contribution < -0.4 is 10.6 Å². The Kier molecular flexibility index (Phi) is 3.96. The smallest absolute Gasteiger partial charge is 0.228 e. The number of anilines is 1. The third-order valence-electron chi connectivity index (χ3n) is 3.67. The third-order valence-corrected chi connectivity index (χ3v) is 3.67. The second-order valence-electron chi connectivity index (χ2n) is 5.17. The van der Waals surface area contributed by atoms with E-state index in [-0.39, 0.29) is 11.8 Å². The highest BCUT2D eigenvalue weighted by Gasteiger charge is 2.21. The van der Waals surface area contributed by atoms with Crippen molar-refractivity contribution in [3.63, 3.8) is 0 Å². The number of amides is 1. The highest BCUT2D eigenvalue weighted by atomic mass is 19.1. The fourth-order valence-corrected chi connectivity index (χ4v) is 2.52. The van der Waals surface area contributed by atoms with Gasteiger partial charge in [0.25, 0.3) is 0 Å². The molecule has 1 unspecified atom stereocenters. The van der Waals surface area contributed by atoms with E-state index in [0.717, 1.165) is 19.4 Å². The van der Waals surface area contributed by atoms with Crippen molar-refractivity contribution in [2.75, 3.05) is 18.4 Å². The van der Waals surface area contributed by atoms with Crippen molar-refractivity contribution in [2.24, 2.45) is 5.92 Å². The van der Waals surface area contributed by atoms with Crippen LogP contribution in [0.1, 0.15) is 12.8 Å². The summed E-state index contributed by atoms with van der Waals surface area (Å²) in [6.45, 7) is 1.64. The molecule has 3 rings (SSSR count). The molecule has 21 heavy (non-hydrogen) atoms. The zero-order chi connectivity index (χ0) is 14.7. The van der Waals surface area contributed by atoms with Crippen LogP contribution in [0.4, 0.5) is 10.1 Å². The molecule has 1 aromatic carbocycles. The Morgan fingerprint density at radius 3 is 3.05 bits per heavy atom. The molecule has 2 N–H and O–H groups in total. The summed E-state index contributed by atoms with van der Waals surface area (Å²) in [5.41, 5.74) is 0.886. The lowest BCUT2D eigenvalue weighted by atomic mass is 9.99. The average Bonchev–Trinajstić information content (AvgIpc) is 3.02. The van der Waals surface area contributed by atoms with Gasteiger partial charge in [-0.25, -0.2) is 9.37 Å². The minimum absolute atomic E-state index is 0.0462. The monoisotopic (exact) mass is 288 g/mol. The fraction of sp³-hybridized carbons (Fsp3) is 0.333. The van der Waals surface area contributed by atoms with Gasteiger partial charge in [-0.05, 0) is 37.6 Å². The number of carbonyl (C=O) groups excluding carboxylic acids is 1. The van der Waals surface area contributed by atoms with Gasteiger partial charge in [0, 0.05) is 24.6 Å². The highest BCUT2D eigenvalue weighted by molar-refractivity contribution is 5.92. The summed E-state index contributed by atoms with van der Waals surface area (Å²) in [5.74, 6) is -0.500. The first-order valence-corrected chi connectivity index (χ1v) is 7.03. The zero-order valence-electron chi connectivity index (χ0n) is 11.6. The van der Waals surface area contributed by atoms with Crippen LogP contribution >= 0.6 is 0 Å². The van der Waals surface area contributed by atoms with Crippen LogP contribution in [0.3, 0.4) is 0 Å². The normalized spacial score (nSPS) is 18.4. The molecule has 0 aliphatic carbocycles. The van der Waals surface area contributed by atoms with Gasteiger partial charge >= 0.3 is 0 Å². The first-order valence-electron chi connectivity index (χ1n) is 7.03. The molecule has 2 heterocycles. The highest BCUT2D eigenvalue weighted by Crippen LogP contribution is 2.19. The molecule has 0 spiro atoms. The molecule has 1 atom stereocenters. The number of nitrogens with zero attached hydrogens (tertiary/aromatic N) is 2. The average molecular weight is 288 g/mol. The van der Waals surface area contributed by atoms with Gasteiger partial charge < -0.3 is 15.2 Å². The summed E-state index contributed by atoms with van der Waals surface area (Å²) in [4.78, 5) is 16.0. The number of hydrogen-bond donors (Lipinski definition) is 2. The van der Waals surface area contributed by atoms with Crippen LogP contribution in [0.15, 0.2) is 36.9 Å². The minimum atomic E-state index is -0.396. The van der Waals surface area contributed by atoms with E-state index >= 15 is 0 Å². The third kappa shape index (κ3) is 3.11. The van der Waals surface area contributed by atoms with Gasteiger partial charge in [0.1, 0.15) is 5.82 Å². The molecule has 110 valence electrons. The number of rotatable bonds is 3. The second-order valence-corrected chi connectivity index (χ2v) is 5.17. The molecule has 0 bridgehead atoms. The van der Waals surface area contributed by atoms with Crippen molar-refractivity contribution in [3.8, 4) is 5.69 Å². The maximum atomic E-state index is 14.1. The van der Waals surface area contributed by atoms with Gasteiger partial charge in [-0.1, -0.05) is 0 Å². The second kappa shape index (κ2) is 6.05. The standard InChI is InChI=1S/C15H17FN4O/c16-13-8-12(3-4-14(13)20-7-6-18-10-20)19-15(21)11-2-1-5-17-9-11/h3-4,6-8,10-11,17H,1-2,5,9H2,(H,19,21). The summed E-state index contributed by atoms with van der Waals surface area (Å²) in [6.07, 6.45) is 6.65. The van der Waals surface area contributed by atoms with Crippen LogP contribution in [0, 0.1) is 11.7 Å². The van der Waals surface area contributed by atoms with Gasteiger partial charge in [0.15, 0.2) is 0 Å². The van der Waals surface area contributed by atoms with E-state index in [1.165, 1.54) is 12.4 Å². The van der Waals surface area contributed by atoms with Crippen molar-refractivity contribution in [1.29, 1.82) is 0 Å². The predicted octanol–water partition coefficient (Wildman–Crippen LogP) is 1.95. The number of hydrogen-bond acceptors (Lipinski definition) is 3. The van der Waals surface area contributed by atoms with E-state index in [1.54, 1.807) is 29.1 Å². The molecule has 1 fully saturated rings. The molecular formula is C15H17FN4O. The van der Waals surface area contributed by atoms with Crippen LogP contribution in [-0.2, 0) is 4.79 Å². The van der Waals surface area contributed by atoms with Crippen LogP contribution in [0.5, 0.6) is 0 Å². The minimum Gasteiger partial charge on any atom is -0.326 e. The summed E-state index contributed by atoms with van der Waals surface area (Å²) in [5, 5.41) is 5.98. The molecule has 0 radical (unpaired) electrons. The maximum absolute atomic E-state index is 14.1. The van der Waals surface area contributed by atoms with Gasteiger partial charge in [-0.2, -0.15) is 0 Å². The lowest BCUT2D eigenvalue weighted by Gasteiger charge is -2.22. The molecule has 6 heteroatoms. The van der Waals surface area contributed by atoms with Crippen LogP contribution in [0.25, 0.3) is 5.69 Å². The summed E-state index contributed by atoms with van der Waals surface area (Å²) in [7, 11) is 0. The number of imidazole rings is 1. The van der Waals surface area contributed by atoms with Crippen molar-refractivity contribution >= 4 is 11.6 Å². The summed E-state index contributed by atoms with van der Waals surface area (Å²) < 4.78 is 15.7. The largest absolute Gasteiger partial charge is 0.326 e.